The molecule has 2 aromatic rings. The molecule has 1 aliphatic rings. The Balaban J connectivity index is 2.28. The van der Waals surface area contributed by atoms with E-state index in [1.165, 1.54) is 11.7 Å². The number of rotatable bonds is 4. The third kappa shape index (κ3) is 3.19. The minimum absolute atomic E-state index is 0.00301. The van der Waals surface area contributed by atoms with Gasteiger partial charge in [-0.25, -0.2) is 4.79 Å². The number of halogens is 4. The molecule has 25 heavy (non-hydrogen) atoms. The topological polar surface area (TPSA) is 73.3 Å². The smallest absolute Gasteiger partial charge is 0.359 e. The van der Waals surface area contributed by atoms with Crippen molar-refractivity contribution >= 4 is 34.3 Å². The number of aromatic amines is 1. The van der Waals surface area contributed by atoms with Crippen LogP contribution in [0.3, 0.4) is 0 Å². The zero-order chi connectivity index (χ0) is 18.4. The summed E-state index contributed by atoms with van der Waals surface area (Å²) < 4.78 is 50.9. The zero-order valence-corrected chi connectivity index (χ0v) is 14.3. The first-order chi connectivity index (χ1) is 11.8. The van der Waals surface area contributed by atoms with Crippen molar-refractivity contribution in [2.75, 3.05) is 26.3 Å². The van der Waals surface area contributed by atoms with E-state index in [4.69, 9.17) is 21.1 Å². The Morgan fingerprint density at radius 1 is 1.44 bits per heavy atom. The first-order valence-electron chi connectivity index (χ1n) is 7.03. The number of benzene rings is 1. The van der Waals surface area contributed by atoms with Crippen LogP contribution < -0.4 is 11.2 Å². The molecule has 1 aliphatic heterocycles. The average molecular weight is 397 g/mol. The first-order valence-corrected chi connectivity index (χ1v) is 8.39. The predicted molar refractivity (Wildman–Crippen MR) is 86.4 cm³/mol. The van der Waals surface area contributed by atoms with Crippen LogP contribution in [0.1, 0.15) is 11.6 Å². The molecule has 0 bridgehead atoms. The molecule has 0 aliphatic carbocycles. The quantitative estimate of drug-likeness (QED) is 0.635. The lowest BCUT2D eigenvalue weighted by Gasteiger charge is -2.28. The fraction of sp³-hybridized carbons (Fsp3) is 0.429. The van der Waals surface area contributed by atoms with E-state index in [2.05, 4.69) is 4.98 Å². The fourth-order valence-electron chi connectivity index (χ4n) is 2.69. The molecule has 1 aromatic carbocycles. The molecule has 6 nitrogen and oxygen atoms in total. The molecule has 0 unspecified atom stereocenters. The lowest BCUT2D eigenvalue weighted by Crippen LogP contribution is -2.37. The highest BCUT2D eigenvalue weighted by Crippen LogP contribution is 2.45. The Morgan fingerprint density at radius 2 is 2.16 bits per heavy atom. The third-order valence-corrected chi connectivity index (χ3v) is 5.46. The van der Waals surface area contributed by atoms with Gasteiger partial charge in [-0.05, 0) is 6.07 Å². The monoisotopic (exact) mass is 396 g/mol. The van der Waals surface area contributed by atoms with Gasteiger partial charge >= 0.3 is 11.9 Å². The maximum atomic E-state index is 13.2. The van der Waals surface area contributed by atoms with Crippen molar-refractivity contribution in [1.29, 1.82) is 0 Å². The van der Waals surface area contributed by atoms with Crippen molar-refractivity contribution in [3.05, 3.63) is 37.5 Å². The van der Waals surface area contributed by atoms with Crippen molar-refractivity contribution in [2.24, 2.45) is 0 Å². The van der Waals surface area contributed by atoms with Crippen LogP contribution in [-0.2, 0) is 15.7 Å². The molecular formula is C14H12ClF3N2O4S. The SMILES string of the molecule is COCOC[C@H]1CSc2c(Cl)c(C(F)(F)F)cc3c(=O)[nH]c(=O)n1c23. The molecule has 0 fully saturated rings. The van der Waals surface area contributed by atoms with Crippen molar-refractivity contribution in [1.82, 2.24) is 9.55 Å². The molecule has 0 saturated heterocycles. The molecule has 0 saturated carbocycles. The second-order valence-corrected chi connectivity index (χ2v) is 6.74. The summed E-state index contributed by atoms with van der Waals surface area (Å²) in [4.78, 5) is 26.4. The molecule has 1 atom stereocenters. The van der Waals surface area contributed by atoms with E-state index in [0.29, 0.717) is 6.07 Å². The summed E-state index contributed by atoms with van der Waals surface area (Å²) in [5.41, 5.74) is -2.62. The van der Waals surface area contributed by atoms with Gasteiger partial charge in [0.25, 0.3) is 5.56 Å². The van der Waals surface area contributed by atoms with Gasteiger partial charge < -0.3 is 9.47 Å². The Kier molecular flexibility index (Phi) is 4.89. The second-order valence-electron chi connectivity index (χ2n) is 5.33. The average Bonchev–Trinajstić information content (AvgIpc) is 2.52. The van der Waals surface area contributed by atoms with Crippen LogP contribution in [0, 0.1) is 0 Å². The molecule has 0 radical (unpaired) electrons. The summed E-state index contributed by atoms with van der Waals surface area (Å²) in [6, 6.07) is 0.196. The van der Waals surface area contributed by atoms with Crippen molar-refractivity contribution in [3.8, 4) is 0 Å². The Bertz CT molecular complexity index is 941. The van der Waals surface area contributed by atoms with E-state index < -0.39 is 34.1 Å². The number of methoxy groups -OCH3 is 1. The van der Waals surface area contributed by atoms with E-state index in [1.54, 1.807) is 0 Å². The minimum Gasteiger partial charge on any atom is -0.359 e. The third-order valence-electron chi connectivity index (χ3n) is 3.72. The van der Waals surface area contributed by atoms with Gasteiger partial charge in [0.15, 0.2) is 0 Å². The summed E-state index contributed by atoms with van der Waals surface area (Å²) in [6.07, 6.45) is -4.71. The number of nitrogens with zero attached hydrogens (tertiary/aromatic N) is 1. The number of nitrogens with one attached hydrogen (secondary N) is 1. The largest absolute Gasteiger partial charge is 0.417 e. The molecule has 11 heteroatoms. The number of hydrogen-bond acceptors (Lipinski definition) is 5. The van der Waals surface area contributed by atoms with Crippen LogP contribution in [0.5, 0.6) is 0 Å². The molecule has 1 N–H and O–H groups in total. The van der Waals surface area contributed by atoms with Gasteiger partial charge in [0, 0.05) is 12.9 Å². The maximum Gasteiger partial charge on any atom is 0.417 e. The Hall–Kier alpha value is -1.49. The highest BCUT2D eigenvalue weighted by atomic mass is 35.5. The molecule has 3 rings (SSSR count). The lowest BCUT2D eigenvalue weighted by atomic mass is 10.1. The Labute approximate surface area is 147 Å². The van der Waals surface area contributed by atoms with Crippen molar-refractivity contribution in [2.45, 2.75) is 17.1 Å². The van der Waals surface area contributed by atoms with E-state index in [0.717, 1.165) is 11.8 Å². The lowest BCUT2D eigenvalue weighted by molar-refractivity contribution is -0.137. The van der Waals surface area contributed by atoms with Gasteiger partial charge in [0.2, 0.25) is 0 Å². The fourth-order valence-corrected chi connectivity index (χ4v) is 4.29. The van der Waals surface area contributed by atoms with Crippen LogP contribution in [0.15, 0.2) is 20.6 Å². The summed E-state index contributed by atoms with van der Waals surface area (Å²) in [6.45, 7) is 0.100. The van der Waals surface area contributed by atoms with Crippen molar-refractivity contribution < 1.29 is 22.6 Å². The summed E-state index contributed by atoms with van der Waals surface area (Å²) in [5.74, 6) is 0.263. The molecule has 136 valence electrons. The minimum atomic E-state index is -4.71. The summed E-state index contributed by atoms with van der Waals surface area (Å²) >= 11 is 6.99. The van der Waals surface area contributed by atoms with Gasteiger partial charge in [-0.2, -0.15) is 13.2 Å². The van der Waals surface area contributed by atoms with E-state index in [9.17, 15) is 22.8 Å². The van der Waals surface area contributed by atoms with E-state index in [-0.39, 0.29) is 35.0 Å². The summed E-state index contributed by atoms with van der Waals surface area (Å²) in [7, 11) is 1.44. The van der Waals surface area contributed by atoms with Gasteiger partial charge in [-0.1, -0.05) is 11.6 Å². The number of alkyl halides is 3. The van der Waals surface area contributed by atoms with E-state index >= 15 is 0 Å². The standard InChI is InChI=1S/C14H12ClF3N2O4S/c1-23-5-24-3-6-4-25-11-9(15)8(14(16,17)18)2-7-10(11)20(6)13(22)19-12(7)21/h2,6H,3-5H2,1H3,(H,19,21,22)/t6-/m0/s1. The number of H-pyrrole nitrogens is 1. The van der Waals surface area contributed by atoms with Crippen LogP contribution in [0.2, 0.25) is 5.02 Å². The molecule has 0 spiro atoms. The zero-order valence-electron chi connectivity index (χ0n) is 12.8. The molecule has 1 aromatic heterocycles. The van der Waals surface area contributed by atoms with Gasteiger partial charge in [-0.3, -0.25) is 14.3 Å². The number of aromatic nitrogens is 2. The molecule has 0 amide bonds. The summed E-state index contributed by atoms with van der Waals surface area (Å²) in [5, 5.41) is -0.754. The van der Waals surface area contributed by atoms with Gasteiger partial charge in [0.1, 0.15) is 6.79 Å². The number of ether oxygens (including phenoxy) is 2. The number of thioether (sulfide) groups is 1. The predicted octanol–water partition coefficient (Wildman–Crippen LogP) is 2.63. The van der Waals surface area contributed by atoms with E-state index in [1.807, 2.05) is 0 Å². The van der Waals surface area contributed by atoms with Crippen LogP contribution >= 0.6 is 23.4 Å². The van der Waals surface area contributed by atoms with Crippen molar-refractivity contribution in [3.63, 3.8) is 0 Å². The maximum absolute atomic E-state index is 13.2. The molecule has 2 heterocycles. The van der Waals surface area contributed by atoms with Crippen LogP contribution in [0.4, 0.5) is 13.2 Å². The highest BCUT2D eigenvalue weighted by molar-refractivity contribution is 7.99. The normalized spacial score (nSPS) is 17.2. The number of hydrogen-bond donors (Lipinski definition) is 1. The Morgan fingerprint density at radius 3 is 2.80 bits per heavy atom. The first kappa shape index (κ1) is 18.3. The van der Waals surface area contributed by atoms with Gasteiger partial charge in [0.05, 0.1) is 39.0 Å². The highest BCUT2D eigenvalue weighted by Gasteiger charge is 2.37. The van der Waals surface area contributed by atoms with Crippen LogP contribution in [-0.4, -0.2) is 35.8 Å². The second kappa shape index (κ2) is 6.67. The molecular weight excluding hydrogens is 385 g/mol. The van der Waals surface area contributed by atoms with Crippen LogP contribution in [0.25, 0.3) is 10.9 Å². The van der Waals surface area contributed by atoms with Gasteiger partial charge in [-0.15, -0.1) is 11.8 Å².